The average Bonchev–Trinajstić information content (AvgIpc) is 3.27. The van der Waals surface area contributed by atoms with Crippen LogP contribution in [0.25, 0.3) is 11.2 Å². The van der Waals surface area contributed by atoms with Gasteiger partial charge in [-0.05, 0) is 24.3 Å². The molecule has 1 amide bonds. The van der Waals surface area contributed by atoms with Crippen LogP contribution in [0.3, 0.4) is 0 Å². The van der Waals surface area contributed by atoms with E-state index < -0.39 is 17.2 Å². The van der Waals surface area contributed by atoms with E-state index in [9.17, 15) is 19.2 Å². The molecule has 4 rings (SSSR count). The number of imidazole rings is 1. The van der Waals surface area contributed by atoms with Crippen molar-refractivity contribution in [3.8, 4) is 0 Å². The van der Waals surface area contributed by atoms with Crippen LogP contribution in [0.4, 0.5) is 11.6 Å². The molecule has 0 radical (unpaired) electrons. The van der Waals surface area contributed by atoms with Crippen molar-refractivity contribution in [2.24, 2.45) is 14.1 Å². The summed E-state index contributed by atoms with van der Waals surface area (Å²) in [6.45, 7) is 2.69. The van der Waals surface area contributed by atoms with Gasteiger partial charge in [-0.3, -0.25) is 23.6 Å². The van der Waals surface area contributed by atoms with E-state index in [0.717, 1.165) is 4.57 Å². The molecule has 1 aromatic carbocycles. The molecule has 1 fully saturated rings. The SMILES string of the molecule is COC(=O)c1ccc(NC(=O)CN2CCN(c3nc4c([nH]3)c(=O)n(C)c(=O)n4C)CC2)cc1. The first-order chi connectivity index (χ1) is 15.8. The minimum absolute atomic E-state index is 0.156. The van der Waals surface area contributed by atoms with Gasteiger partial charge >= 0.3 is 11.7 Å². The van der Waals surface area contributed by atoms with Gasteiger partial charge in [0.2, 0.25) is 11.9 Å². The number of carbonyl (C=O) groups excluding carboxylic acids is 2. The molecule has 1 saturated heterocycles. The van der Waals surface area contributed by atoms with Crippen molar-refractivity contribution in [3.05, 3.63) is 50.7 Å². The summed E-state index contributed by atoms with van der Waals surface area (Å²) in [6, 6.07) is 6.50. The molecule has 2 aromatic heterocycles. The number of amides is 1. The molecule has 0 unspecified atom stereocenters. The Labute approximate surface area is 188 Å². The van der Waals surface area contributed by atoms with Crippen molar-refractivity contribution in [3.63, 3.8) is 0 Å². The number of aryl methyl sites for hydroxylation is 1. The van der Waals surface area contributed by atoms with Crippen molar-refractivity contribution in [1.82, 2.24) is 24.0 Å². The number of aromatic amines is 1. The zero-order chi connectivity index (χ0) is 23.7. The van der Waals surface area contributed by atoms with Gasteiger partial charge in [-0.1, -0.05) is 0 Å². The summed E-state index contributed by atoms with van der Waals surface area (Å²) in [5.74, 6) is -0.0626. The Hall–Kier alpha value is -3.93. The van der Waals surface area contributed by atoms with Crippen LogP contribution in [-0.2, 0) is 23.6 Å². The van der Waals surface area contributed by atoms with E-state index in [1.807, 2.05) is 9.80 Å². The van der Waals surface area contributed by atoms with Gasteiger partial charge in [0, 0.05) is 46.0 Å². The first-order valence-electron chi connectivity index (χ1n) is 10.4. The predicted molar refractivity (Wildman–Crippen MR) is 122 cm³/mol. The summed E-state index contributed by atoms with van der Waals surface area (Å²) in [4.78, 5) is 59.9. The van der Waals surface area contributed by atoms with Crippen LogP contribution >= 0.6 is 0 Å². The van der Waals surface area contributed by atoms with Crippen molar-refractivity contribution < 1.29 is 14.3 Å². The normalized spacial score (nSPS) is 14.5. The third kappa shape index (κ3) is 4.37. The molecule has 2 N–H and O–H groups in total. The van der Waals surface area contributed by atoms with E-state index in [1.165, 1.54) is 18.7 Å². The fourth-order valence-electron chi connectivity index (χ4n) is 3.79. The van der Waals surface area contributed by atoms with Crippen molar-refractivity contribution in [2.45, 2.75) is 0 Å². The Morgan fingerprint density at radius 1 is 1.06 bits per heavy atom. The van der Waals surface area contributed by atoms with Gasteiger partial charge in [0.05, 0.1) is 19.2 Å². The first kappa shape index (κ1) is 22.3. The number of aromatic nitrogens is 4. The number of nitrogens with zero attached hydrogens (tertiary/aromatic N) is 5. The number of hydrogen-bond donors (Lipinski definition) is 2. The number of ether oxygens (including phenoxy) is 1. The zero-order valence-electron chi connectivity index (χ0n) is 18.6. The van der Waals surface area contributed by atoms with Gasteiger partial charge in [0.1, 0.15) is 0 Å². The second kappa shape index (κ2) is 8.90. The lowest BCUT2D eigenvalue weighted by Gasteiger charge is -2.34. The van der Waals surface area contributed by atoms with Crippen LogP contribution in [0.15, 0.2) is 33.9 Å². The van der Waals surface area contributed by atoms with E-state index in [1.54, 1.807) is 31.3 Å². The molecular weight excluding hydrogens is 430 g/mol. The highest BCUT2D eigenvalue weighted by molar-refractivity contribution is 5.94. The van der Waals surface area contributed by atoms with Gasteiger partial charge in [-0.2, -0.15) is 4.98 Å². The maximum absolute atomic E-state index is 12.4. The molecule has 1 aliphatic heterocycles. The number of anilines is 2. The Morgan fingerprint density at radius 2 is 1.73 bits per heavy atom. The molecular formula is C21H25N7O5. The highest BCUT2D eigenvalue weighted by atomic mass is 16.5. The molecule has 1 aliphatic rings. The van der Waals surface area contributed by atoms with Crippen molar-refractivity contribution in [1.29, 1.82) is 0 Å². The third-order valence-corrected chi connectivity index (χ3v) is 5.71. The minimum Gasteiger partial charge on any atom is -0.465 e. The van der Waals surface area contributed by atoms with Crippen LogP contribution in [-0.4, -0.2) is 75.7 Å². The van der Waals surface area contributed by atoms with E-state index in [2.05, 4.69) is 20.0 Å². The smallest absolute Gasteiger partial charge is 0.337 e. The second-order valence-electron chi connectivity index (χ2n) is 7.85. The summed E-state index contributed by atoms with van der Waals surface area (Å²) in [5, 5.41) is 2.82. The minimum atomic E-state index is -0.433. The monoisotopic (exact) mass is 455 g/mol. The molecule has 3 aromatic rings. The maximum atomic E-state index is 12.4. The molecule has 174 valence electrons. The van der Waals surface area contributed by atoms with Crippen molar-refractivity contribution in [2.75, 3.05) is 50.1 Å². The largest absolute Gasteiger partial charge is 0.465 e. The molecule has 0 bridgehead atoms. The van der Waals surface area contributed by atoms with Gasteiger partial charge in [-0.15, -0.1) is 0 Å². The molecule has 0 aliphatic carbocycles. The lowest BCUT2D eigenvalue weighted by atomic mass is 10.2. The fraction of sp³-hybridized carbons (Fsp3) is 0.381. The summed E-state index contributed by atoms with van der Waals surface area (Å²) >= 11 is 0. The number of rotatable bonds is 5. The van der Waals surface area contributed by atoms with Gasteiger partial charge in [-0.25, -0.2) is 9.59 Å². The molecule has 12 heteroatoms. The maximum Gasteiger partial charge on any atom is 0.337 e. The summed E-state index contributed by atoms with van der Waals surface area (Å²) < 4.78 is 7.05. The molecule has 0 saturated carbocycles. The molecule has 12 nitrogen and oxygen atoms in total. The number of piperazine rings is 1. The number of carbonyl (C=O) groups is 2. The predicted octanol–water partition coefficient (Wildman–Crippen LogP) is -0.492. The van der Waals surface area contributed by atoms with Gasteiger partial charge in [0.25, 0.3) is 5.56 Å². The zero-order valence-corrected chi connectivity index (χ0v) is 18.6. The summed E-state index contributed by atoms with van der Waals surface area (Å²) in [5.41, 5.74) is 0.770. The Morgan fingerprint density at radius 3 is 2.36 bits per heavy atom. The Kier molecular flexibility index (Phi) is 6.01. The number of nitrogens with one attached hydrogen (secondary N) is 2. The Balaban J connectivity index is 1.35. The standard InChI is InChI=1S/C21H25N7O5/c1-25-17-16(18(30)26(2)21(25)32)23-20(24-17)28-10-8-27(9-11-28)12-15(29)22-14-6-4-13(5-7-14)19(31)33-3/h4-7H,8-12H2,1-3H3,(H,22,29)(H,23,24). The number of benzene rings is 1. The second-order valence-corrected chi connectivity index (χ2v) is 7.85. The lowest BCUT2D eigenvalue weighted by Crippen LogP contribution is -2.49. The van der Waals surface area contributed by atoms with Gasteiger partial charge < -0.3 is 19.9 Å². The molecule has 3 heterocycles. The van der Waals surface area contributed by atoms with Gasteiger partial charge in [0.15, 0.2) is 11.2 Å². The van der Waals surface area contributed by atoms with Crippen LogP contribution < -0.4 is 21.5 Å². The fourth-order valence-corrected chi connectivity index (χ4v) is 3.79. The molecule has 33 heavy (non-hydrogen) atoms. The van der Waals surface area contributed by atoms with Crippen LogP contribution in [0.1, 0.15) is 10.4 Å². The number of fused-ring (bicyclic) bond motifs is 1. The van der Waals surface area contributed by atoms with E-state index >= 15 is 0 Å². The Bertz CT molecular complexity index is 1310. The topological polar surface area (TPSA) is 135 Å². The number of H-pyrrole nitrogens is 1. The number of esters is 1. The molecule has 0 spiro atoms. The summed E-state index contributed by atoms with van der Waals surface area (Å²) in [6.07, 6.45) is 0. The number of methoxy groups -OCH3 is 1. The highest BCUT2D eigenvalue weighted by Crippen LogP contribution is 2.16. The lowest BCUT2D eigenvalue weighted by molar-refractivity contribution is -0.117. The quantitative estimate of drug-likeness (QED) is 0.492. The first-order valence-corrected chi connectivity index (χ1v) is 10.4. The average molecular weight is 455 g/mol. The number of hydrogen-bond acceptors (Lipinski definition) is 8. The highest BCUT2D eigenvalue weighted by Gasteiger charge is 2.23. The molecule has 0 atom stereocenters. The van der Waals surface area contributed by atoms with Crippen LogP contribution in [0, 0.1) is 0 Å². The van der Waals surface area contributed by atoms with E-state index in [4.69, 9.17) is 0 Å². The third-order valence-electron chi connectivity index (χ3n) is 5.71. The van der Waals surface area contributed by atoms with Crippen LogP contribution in [0.5, 0.6) is 0 Å². The van der Waals surface area contributed by atoms with E-state index in [-0.39, 0.29) is 18.0 Å². The van der Waals surface area contributed by atoms with Crippen molar-refractivity contribution >= 4 is 34.7 Å². The summed E-state index contributed by atoms with van der Waals surface area (Å²) in [7, 11) is 4.32. The van der Waals surface area contributed by atoms with E-state index in [0.29, 0.717) is 49.0 Å². The van der Waals surface area contributed by atoms with Crippen LogP contribution in [0.2, 0.25) is 0 Å².